The molecule has 2 fully saturated rings. The Hall–Kier alpha value is -3.01. The summed E-state index contributed by atoms with van der Waals surface area (Å²) in [4.78, 5) is 28.9. The van der Waals surface area contributed by atoms with Crippen LogP contribution in [0.4, 0.5) is 13.6 Å². The van der Waals surface area contributed by atoms with E-state index >= 15 is 0 Å². The van der Waals surface area contributed by atoms with Gasteiger partial charge < -0.3 is 25.0 Å². The molecule has 0 saturated carbocycles. The summed E-state index contributed by atoms with van der Waals surface area (Å²) in [5, 5.41) is 31.5. The SMILES string of the molecule is CC(C)(C=C(C#N)C(=O)N1C[C@@H](F)C[C@]1(C)COC(=O)NC(Cc1ccccc1)B(O)O)N1CC[C@@H](F)C1. The minimum atomic E-state index is -1.85. The molecule has 38 heavy (non-hydrogen) atoms. The normalized spacial score (nSPS) is 25.1. The van der Waals surface area contributed by atoms with Crippen molar-refractivity contribution < 1.29 is 33.2 Å². The van der Waals surface area contributed by atoms with Crippen LogP contribution in [0.3, 0.4) is 0 Å². The Labute approximate surface area is 222 Å². The van der Waals surface area contributed by atoms with E-state index in [1.54, 1.807) is 45.0 Å². The third kappa shape index (κ3) is 7.31. The van der Waals surface area contributed by atoms with E-state index in [0.717, 1.165) is 5.56 Å². The van der Waals surface area contributed by atoms with Gasteiger partial charge in [0.15, 0.2) is 0 Å². The molecule has 0 aromatic heterocycles. The van der Waals surface area contributed by atoms with Gasteiger partial charge in [-0.25, -0.2) is 13.6 Å². The number of carbonyl (C=O) groups excluding carboxylic acids is 2. The largest absolute Gasteiger partial charge is 0.475 e. The number of carbonyl (C=O) groups is 2. The van der Waals surface area contributed by atoms with E-state index in [4.69, 9.17) is 4.74 Å². The molecular weight excluding hydrogens is 497 g/mol. The number of hydrogen-bond acceptors (Lipinski definition) is 7. The van der Waals surface area contributed by atoms with Crippen molar-refractivity contribution in [2.75, 3.05) is 26.2 Å². The number of halogens is 2. The smallest absolute Gasteiger partial charge is 0.447 e. The van der Waals surface area contributed by atoms with Gasteiger partial charge in [-0.1, -0.05) is 30.3 Å². The Balaban J connectivity index is 1.68. The van der Waals surface area contributed by atoms with Crippen molar-refractivity contribution in [1.29, 1.82) is 5.26 Å². The molecule has 0 bridgehead atoms. The molecule has 2 saturated heterocycles. The van der Waals surface area contributed by atoms with Gasteiger partial charge in [-0.15, -0.1) is 0 Å². The number of nitrogens with one attached hydrogen (secondary N) is 1. The zero-order chi connectivity index (χ0) is 28.1. The van der Waals surface area contributed by atoms with Crippen LogP contribution in [0.25, 0.3) is 0 Å². The van der Waals surface area contributed by atoms with Crippen molar-refractivity contribution >= 4 is 19.1 Å². The molecule has 0 aliphatic carbocycles. The number of nitriles is 1. The van der Waals surface area contributed by atoms with Crippen molar-refractivity contribution in [2.24, 2.45) is 0 Å². The second-order valence-electron chi connectivity index (χ2n) is 10.8. The number of amides is 2. The fourth-order valence-corrected chi connectivity index (χ4v) is 5.02. The lowest BCUT2D eigenvalue weighted by atomic mass is 9.76. The number of alkyl carbamates (subject to hydrolysis) is 1. The van der Waals surface area contributed by atoms with Gasteiger partial charge in [-0.05, 0) is 45.3 Å². The van der Waals surface area contributed by atoms with E-state index in [9.17, 15) is 33.7 Å². The lowest BCUT2D eigenvalue weighted by molar-refractivity contribution is -0.131. The van der Waals surface area contributed by atoms with Crippen LogP contribution in [0, 0.1) is 11.3 Å². The van der Waals surface area contributed by atoms with Gasteiger partial charge in [-0.2, -0.15) is 5.26 Å². The summed E-state index contributed by atoms with van der Waals surface area (Å²) < 4.78 is 33.6. The maximum absolute atomic E-state index is 14.5. The van der Waals surface area contributed by atoms with Crippen molar-refractivity contribution in [2.45, 2.75) is 69.4 Å². The molecule has 2 amide bonds. The Morgan fingerprint density at radius 2 is 1.97 bits per heavy atom. The third-order valence-corrected chi connectivity index (χ3v) is 7.21. The van der Waals surface area contributed by atoms with E-state index < -0.39 is 48.5 Å². The molecule has 0 spiro atoms. The van der Waals surface area contributed by atoms with Crippen molar-refractivity contribution in [3.05, 3.63) is 47.5 Å². The van der Waals surface area contributed by atoms with E-state index in [1.807, 2.05) is 17.0 Å². The summed E-state index contributed by atoms with van der Waals surface area (Å²) in [6, 6.07) is 10.8. The quantitative estimate of drug-likeness (QED) is 0.252. The summed E-state index contributed by atoms with van der Waals surface area (Å²) in [5.41, 5.74) is -1.45. The molecule has 206 valence electrons. The Morgan fingerprint density at radius 3 is 2.55 bits per heavy atom. The fraction of sp³-hybridized carbons (Fsp3) is 0.577. The van der Waals surface area contributed by atoms with Crippen LogP contribution in [-0.2, 0) is 16.0 Å². The highest BCUT2D eigenvalue weighted by Gasteiger charge is 2.47. The molecule has 9 nitrogen and oxygen atoms in total. The minimum absolute atomic E-state index is 0.111. The van der Waals surface area contributed by atoms with E-state index in [2.05, 4.69) is 5.32 Å². The van der Waals surface area contributed by atoms with E-state index in [1.165, 1.54) is 11.0 Å². The topological polar surface area (TPSA) is 126 Å². The lowest BCUT2D eigenvalue weighted by Crippen LogP contribution is -2.52. The van der Waals surface area contributed by atoms with Gasteiger partial charge in [0.25, 0.3) is 5.91 Å². The summed E-state index contributed by atoms with van der Waals surface area (Å²) >= 11 is 0. The first-order chi connectivity index (χ1) is 17.8. The van der Waals surface area contributed by atoms with Crippen LogP contribution in [0.5, 0.6) is 0 Å². The molecule has 12 heteroatoms. The van der Waals surface area contributed by atoms with Crippen LogP contribution in [-0.4, -0.2) is 94.6 Å². The van der Waals surface area contributed by atoms with Gasteiger partial charge in [0, 0.05) is 25.0 Å². The zero-order valence-corrected chi connectivity index (χ0v) is 21.9. The van der Waals surface area contributed by atoms with Crippen LogP contribution >= 0.6 is 0 Å². The molecule has 2 aliphatic rings. The maximum atomic E-state index is 14.5. The minimum Gasteiger partial charge on any atom is -0.447 e. The number of alkyl halides is 2. The molecule has 1 aromatic rings. The molecule has 0 radical (unpaired) electrons. The van der Waals surface area contributed by atoms with Crippen LogP contribution < -0.4 is 5.32 Å². The highest BCUT2D eigenvalue weighted by atomic mass is 19.1. The van der Waals surface area contributed by atoms with Crippen LogP contribution in [0.2, 0.25) is 0 Å². The van der Waals surface area contributed by atoms with Crippen LogP contribution in [0.15, 0.2) is 42.0 Å². The molecule has 4 atom stereocenters. The number of ether oxygens (including phenoxy) is 1. The summed E-state index contributed by atoms with van der Waals surface area (Å²) in [6.45, 7) is 5.17. The van der Waals surface area contributed by atoms with Gasteiger partial charge in [0.05, 0.1) is 18.0 Å². The number of hydrogen-bond donors (Lipinski definition) is 3. The van der Waals surface area contributed by atoms with Gasteiger partial charge >= 0.3 is 13.2 Å². The van der Waals surface area contributed by atoms with Gasteiger partial charge in [-0.3, -0.25) is 9.69 Å². The third-order valence-electron chi connectivity index (χ3n) is 7.21. The second kappa shape index (κ2) is 12.2. The first-order valence-corrected chi connectivity index (χ1v) is 12.7. The predicted molar refractivity (Wildman–Crippen MR) is 137 cm³/mol. The Morgan fingerprint density at radius 1 is 1.29 bits per heavy atom. The molecule has 3 N–H and O–H groups in total. The van der Waals surface area contributed by atoms with Crippen LogP contribution in [0.1, 0.15) is 39.2 Å². The number of nitrogens with zero attached hydrogens (tertiary/aromatic N) is 3. The van der Waals surface area contributed by atoms with Crippen molar-refractivity contribution in [3.63, 3.8) is 0 Å². The Bertz CT molecular complexity index is 1070. The average molecular weight is 532 g/mol. The van der Waals surface area contributed by atoms with Crippen molar-refractivity contribution in [3.8, 4) is 6.07 Å². The Kier molecular flexibility index (Phi) is 9.52. The summed E-state index contributed by atoms with van der Waals surface area (Å²) in [7, 11) is -1.85. The first-order valence-electron chi connectivity index (χ1n) is 12.7. The highest BCUT2D eigenvalue weighted by Crippen LogP contribution is 2.33. The molecule has 1 unspecified atom stereocenters. The molecule has 2 heterocycles. The van der Waals surface area contributed by atoms with Crippen molar-refractivity contribution in [1.82, 2.24) is 15.1 Å². The fourth-order valence-electron chi connectivity index (χ4n) is 5.02. The molecule has 2 aliphatic heterocycles. The molecule has 3 rings (SSSR count). The monoisotopic (exact) mass is 532 g/mol. The highest BCUT2D eigenvalue weighted by molar-refractivity contribution is 6.43. The summed E-state index contributed by atoms with van der Waals surface area (Å²) in [5.74, 6) is -1.76. The van der Waals surface area contributed by atoms with E-state index in [0.29, 0.717) is 13.0 Å². The predicted octanol–water partition coefficient (Wildman–Crippen LogP) is 1.94. The number of benzene rings is 1. The van der Waals surface area contributed by atoms with E-state index in [-0.39, 0.29) is 38.1 Å². The van der Waals surface area contributed by atoms with Gasteiger partial charge in [0.1, 0.15) is 30.6 Å². The number of rotatable bonds is 9. The number of likely N-dealkylation sites (tertiary alicyclic amines) is 2. The molecular formula is C26H35BF2N4O5. The average Bonchev–Trinajstić information content (AvgIpc) is 3.44. The standard InChI is InChI=1S/C26H35BF2N4O5/c1-25(2,32-10-9-20(28)15-32)12-19(14-30)23(34)33-16-21(29)13-26(33,3)17-38-24(35)31-22(27(36)37)11-18-7-5-4-6-8-18/h4-8,12,20-22,36-37H,9-11,13,15-17H2,1-3H3,(H,31,35)/t20-,21+,22?,26-/m1/s1. The summed E-state index contributed by atoms with van der Waals surface area (Å²) in [6.07, 6.45) is -1.44. The zero-order valence-electron chi connectivity index (χ0n) is 21.9. The first kappa shape index (κ1) is 29.5. The second-order valence-corrected chi connectivity index (χ2v) is 10.8. The maximum Gasteiger partial charge on any atom is 0.475 e. The van der Waals surface area contributed by atoms with Gasteiger partial charge in [0.2, 0.25) is 0 Å². The lowest BCUT2D eigenvalue weighted by Gasteiger charge is -2.36. The molecule has 1 aromatic carbocycles.